The van der Waals surface area contributed by atoms with Gasteiger partial charge >= 0.3 is 5.97 Å². The van der Waals surface area contributed by atoms with Crippen LogP contribution in [0.15, 0.2) is 0 Å². The van der Waals surface area contributed by atoms with Crippen LogP contribution >= 0.6 is 0 Å². The molecule has 1 rings (SSSR count). The van der Waals surface area contributed by atoms with E-state index in [1.807, 2.05) is 6.92 Å². The standard InChI is InChI=1S/C8H12N2O3/c1-3-13-8-6(4-7(11)12)5(2)9-10-8/h3-4H2,1-2H3,(H,9,10)(H,11,12). The fourth-order valence-corrected chi connectivity index (χ4v) is 1.05. The van der Waals surface area contributed by atoms with E-state index in [2.05, 4.69) is 10.2 Å². The number of nitrogens with zero attached hydrogens (tertiary/aromatic N) is 1. The molecule has 0 bridgehead atoms. The molecule has 0 fully saturated rings. The van der Waals surface area contributed by atoms with E-state index in [-0.39, 0.29) is 6.42 Å². The first-order valence-electron chi connectivity index (χ1n) is 4.03. The number of aliphatic carboxylic acids is 1. The molecule has 13 heavy (non-hydrogen) atoms. The third-order valence-electron chi connectivity index (χ3n) is 1.65. The predicted octanol–water partition coefficient (Wildman–Crippen LogP) is 0.744. The molecule has 0 atom stereocenters. The van der Waals surface area contributed by atoms with Crippen LogP contribution in [0, 0.1) is 6.92 Å². The minimum absolute atomic E-state index is 0.0579. The van der Waals surface area contributed by atoms with E-state index in [0.717, 1.165) is 5.69 Å². The third-order valence-corrected chi connectivity index (χ3v) is 1.65. The molecule has 0 saturated carbocycles. The van der Waals surface area contributed by atoms with Crippen LogP contribution in [-0.2, 0) is 11.2 Å². The number of H-pyrrole nitrogens is 1. The molecule has 0 aromatic carbocycles. The summed E-state index contributed by atoms with van der Waals surface area (Å²) in [6, 6.07) is 0. The molecule has 1 heterocycles. The van der Waals surface area contributed by atoms with Crippen molar-refractivity contribution in [3.05, 3.63) is 11.3 Å². The molecule has 0 saturated heterocycles. The number of hydrogen-bond donors (Lipinski definition) is 2. The van der Waals surface area contributed by atoms with E-state index in [4.69, 9.17) is 9.84 Å². The molecule has 0 aliphatic rings. The first-order chi connectivity index (χ1) is 6.15. The zero-order valence-electron chi connectivity index (χ0n) is 7.63. The number of carboxylic acid groups (broad SMARTS) is 1. The zero-order valence-corrected chi connectivity index (χ0v) is 7.63. The molecule has 0 radical (unpaired) electrons. The largest absolute Gasteiger partial charge is 0.481 e. The first kappa shape index (κ1) is 9.57. The molecule has 5 nitrogen and oxygen atoms in total. The summed E-state index contributed by atoms with van der Waals surface area (Å²) in [5.74, 6) is -0.493. The van der Waals surface area contributed by atoms with Gasteiger partial charge in [-0.3, -0.25) is 9.89 Å². The second kappa shape index (κ2) is 3.93. The van der Waals surface area contributed by atoms with Crippen LogP contribution in [0.5, 0.6) is 5.88 Å². The Morgan fingerprint density at radius 2 is 2.38 bits per heavy atom. The van der Waals surface area contributed by atoms with Crippen molar-refractivity contribution in [1.29, 1.82) is 0 Å². The molecular weight excluding hydrogens is 172 g/mol. The Morgan fingerprint density at radius 1 is 1.69 bits per heavy atom. The normalized spacial score (nSPS) is 10.0. The lowest BCUT2D eigenvalue weighted by Gasteiger charge is -2.00. The summed E-state index contributed by atoms with van der Waals surface area (Å²) in [6.45, 7) is 4.08. The van der Waals surface area contributed by atoms with E-state index >= 15 is 0 Å². The van der Waals surface area contributed by atoms with Crippen LogP contribution in [0.4, 0.5) is 0 Å². The Morgan fingerprint density at radius 3 is 2.92 bits per heavy atom. The monoisotopic (exact) mass is 184 g/mol. The van der Waals surface area contributed by atoms with Gasteiger partial charge in [-0.2, -0.15) is 0 Å². The van der Waals surface area contributed by atoms with Gasteiger partial charge in [-0.05, 0) is 13.8 Å². The van der Waals surface area contributed by atoms with Gasteiger partial charge in [-0.1, -0.05) is 0 Å². The van der Waals surface area contributed by atoms with E-state index in [0.29, 0.717) is 18.1 Å². The summed E-state index contributed by atoms with van der Waals surface area (Å²) in [6.07, 6.45) is -0.0579. The van der Waals surface area contributed by atoms with Crippen LogP contribution in [-0.4, -0.2) is 27.9 Å². The highest BCUT2D eigenvalue weighted by molar-refractivity contribution is 5.71. The highest BCUT2D eigenvalue weighted by Crippen LogP contribution is 2.18. The number of hydrogen-bond acceptors (Lipinski definition) is 3. The van der Waals surface area contributed by atoms with Gasteiger partial charge in [-0.15, -0.1) is 5.10 Å². The van der Waals surface area contributed by atoms with Gasteiger partial charge in [0.15, 0.2) is 0 Å². The maximum atomic E-state index is 10.5. The van der Waals surface area contributed by atoms with Crippen molar-refractivity contribution in [3.63, 3.8) is 0 Å². The Hall–Kier alpha value is -1.52. The highest BCUT2D eigenvalue weighted by Gasteiger charge is 2.13. The van der Waals surface area contributed by atoms with Crippen LogP contribution in [0.3, 0.4) is 0 Å². The summed E-state index contributed by atoms with van der Waals surface area (Å²) >= 11 is 0. The number of aromatic amines is 1. The molecule has 2 N–H and O–H groups in total. The summed E-state index contributed by atoms with van der Waals surface area (Å²) in [5.41, 5.74) is 1.36. The van der Waals surface area contributed by atoms with E-state index < -0.39 is 5.97 Å². The fourth-order valence-electron chi connectivity index (χ4n) is 1.05. The lowest BCUT2D eigenvalue weighted by molar-refractivity contribution is -0.136. The van der Waals surface area contributed by atoms with Crippen molar-refractivity contribution in [2.45, 2.75) is 20.3 Å². The minimum Gasteiger partial charge on any atom is -0.481 e. The maximum absolute atomic E-state index is 10.5. The SMILES string of the molecule is CCOc1n[nH]c(C)c1CC(=O)O. The smallest absolute Gasteiger partial charge is 0.308 e. The summed E-state index contributed by atoms with van der Waals surface area (Å²) in [5, 5.41) is 15.1. The Bertz CT molecular complexity index is 306. The Labute approximate surface area is 75.7 Å². The molecule has 1 aromatic heterocycles. The summed E-state index contributed by atoms with van der Waals surface area (Å²) in [7, 11) is 0. The number of carboxylic acids is 1. The molecular formula is C8H12N2O3. The topological polar surface area (TPSA) is 75.2 Å². The average molecular weight is 184 g/mol. The molecule has 0 aliphatic heterocycles. The fraction of sp³-hybridized carbons (Fsp3) is 0.500. The van der Waals surface area contributed by atoms with Crippen LogP contribution in [0.1, 0.15) is 18.2 Å². The average Bonchev–Trinajstić information content (AvgIpc) is 2.36. The second-order valence-corrected chi connectivity index (χ2v) is 2.64. The minimum atomic E-state index is -0.884. The van der Waals surface area contributed by atoms with Crippen molar-refractivity contribution in [2.24, 2.45) is 0 Å². The zero-order chi connectivity index (χ0) is 9.84. The van der Waals surface area contributed by atoms with E-state index in [1.165, 1.54) is 0 Å². The highest BCUT2D eigenvalue weighted by atomic mass is 16.5. The second-order valence-electron chi connectivity index (χ2n) is 2.64. The maximum Gasteiger partial charge on any atom is 0.308 e. The molecule has 0 aliphatic carbocycles. The number of carbonyl (C=O) groups is 1. The van der Waals surface area contributed by atoms with Crippen molar-refractivity contribution in [3.8, 4) is 5.88 Å². The van der Waals surface area contributed by atoms with Gasteiger partial charge in [0.2, 0.25) is 5.88 Å². The van der Waals surface area contributed by atoms with Crippen LogP contribution < -0.4 is 4.74 Å². The molecule has 0 amide bonds. The van der Waals surface area contributed by atoms with Crippen LogP contribution in [0.2, 0.25) is 0 Å². The predicted molar refractivity (Wildman–Crippen MR) is 45.8 cm³/mol. The third kappa shape index (κ3) is 2.21. The molecule has 0 spiro atoms. The van der Waals surface area contributed by atoms with E-state index in [9.17, 15) is 4.79 Å². The van der Waals surface area contributed by atoms with Gasteiger partial charge < -0.3 is 9.84 Å². The van der Waals surface area contributed by atoms with E-state index in [1.54, 1.807) is 6.92 Å². The Balaban J connectivity index is 2.87. The van der Waals surface area contributed by atoms with Gasteiger partial charge in [0, 0.05) is 11.3 Å². The molecule has 72 valence electrons. The Kier molecular flexibility index (Phi) is 2.89. The lowest BCUT2D eigenvalue weighted by Crippen LogP contribution is -2.03. The summed E-state index contributed by atoms with van der Waals surface area (Å²) in [4.78, 5) is 10.5. The van der Waals surface area contributed by atoms with Crippen molar-refractivity contribution < 1.29 is 14.6 Å². The van der Waals surface area contributed by atoms with Gasteiger partial charge in [-0.25, -0.2) is 0 Å². The van der Waals surface area contributed by atoms with Crippen LogP contribution in [0.25, 0.3) is 0 Å². The van der Waals surface area contributed by atoms with Gasteiger partial charge in [0.05, 0.1) is 13.0 Å². The van der Waals surface area contributed by atoms with Gasteiger partial charge in [0.25, 0.3) is 0 Å². The first-order valence-corrected chi connectivity index (χ1v) is 4.03. The van der Waals surface area contributed by atoms with Crippen molar-refractivity contribution >= 4 is 5.97 Å². The van der Waals surface area contributed by atoms with Crippen molar-refractivity contribution in [2.75, 3.05) is 6.61 Å². The number of nitrogens with one attached hydrogen (secondary N) is 1. The number of ether oxygens (including phenoxy) is 1. The molecule has 5 heteroatoms. The lowest BCUT2D eigenvalue weighted by atomic mass is 10.2. The molecule has 0 unspecified atom stereocenters. The van der Waals surface area contributed by atoms with Crippen molar-refractivity contribution in [1.82, 2.24) is 10.2 Å². The quantitative estimate of drug-likeness (QED) is 0.723. The number of aryl methyl sites for hydroxylation is 1. The van der Waals surface area contributed by atoms with Gasteiger partial charge in [0.1, 0.15) is 0 Å². The number of aromatic nitrogens is 2. The molecule has 1 aromatic rings. The summed E-state index contributed by atoms with van der Waals surface area (Å²) < 4.78 is 5.15. The number of rotatable bonds is 4.